The van der Waals surface area contributed by atoms with E-state index >= 15 is 0 Å². The lowest BCUT2D eigenvalue weighted by Gasteiger charge is -2.15. The fourth-order valence-electron chi connectivity index (χ4n) is 2.98. The quantitative estimate of drug-likeness (QED) is 0.277. The van der Waals surface area contributed by atoms with Crippen molar-refractivity contribution in [3.05, 3.63) is 98.9 Å². The van der Waals surface area contributed by atoms with Gasteiger partial charge in [-0.1, -0.05) is 70.2 Å². The highest BCUT2D eigenvalue weighted by atomic mass is 79.9. The van der Waals surface area contributed by atoms with E-state index in [4.69, 9.17) is 17.0 Å². The molecule has 0 unspecified atom stereocenters. The van der Waals surface area contributed by atoms with Crippen LogP contribution in [0.2, 0.25) is 0 Å². The van der Waals surface area contributed by atoms with Crippen LogP contribution in [0.4, 0.5) is 14.5 Å². The highest BCUT2D eigenvalue weighted by Gasteiger charge is 2.34. The molecule has 3 nitrogen and oxygen atoms in total. The zero-order valence-corrected chi connectivity index (χ0v) is 19.1. The number of anilines is 1. The molecule has 0 radical (unpaired) electrons. The lowest BCUT2D eigenvalue weighted by molar-refractivity contribution is -0.113. The third kappa shape index (κ3) is 4.71. The molecule has 1 saturated heterocycles. The first-order valence-corrected chi connectivity index (χ1v) is 11.1. The molecule has 31 heavy (non-hydrogen) atoms. The average molecular weight is 518 g/mol. The summed E-state index contributed by atoms with van der Waals surface area (Å²) in [5.41, 5.74) is 1.14. The summed E-state index contributed by atoms with van der Waals surface area (Å²) >= 11 is 9.82. The molecule has 0 aromatic heterocycles. The number of carbonyl (C=O) groups excluding carboxylic acids is 1. The molecule has 1 aliphatic rings. The average Bonchev–Trinajstić information content (AvgIpc) is 3.02. The van der Waals surface area contributed by atoms with Gasteiger partial charge < -0.3 is 4.74 Å². The molecule has 3 aromatic rings. The Morgan fingerprint density at radius 2 is 1.74 bits per heavy atom. The van der Waals surface area contributed by atoms with Crippen molar-refractivity contribution in [3.63, 3.8) is 0 Å². The lowest BCUT2D eigenvalue weighted by atomic mass is 10.1. The number of hydrogen-bond acceptors (Lipinski definition) is 4. The molecule has 0 aliphatic carbocycles. The van der Waals surface area contributed by atoms with Crippen LogP contribution in [0.1, 0.15) is 11.1 Å². The summed E-state index contributed by atoms with van der Waals surface area (Å²) in [6.07, 6.45) is 1.64. The van der Waals surface area contributed by atoms with E-state index in [-0.39, 0.29) is 22.4 Å². The molecular formula is C23H14BrF2NO2S2. The molecule has 1 fully saturated rings. The third-order valence-corrected chi connectivity index (χ3v) is 6.28. The van der Waals surface area contributed by atoms with E-state index in [9.17, 15) is 13.6 Å². The minimum Gasteiger partial charge on any atom is -0.488 e. The summed E-state index contributed by atoms with van der Waals surface area (Å²) in [5.74, 6) is -0.828. The van der Waals surface area contributed by atoms with Gasteiger partial charge in [0.1, 0.15) is 24.0 Å². The van der Waals surface area contributed by atoms with Crippen molar-refractivity contribution in [2.75, 3.05) is 4.90 Å². The molecule has 0 saturated carbocycles. The molecule has 4 rings (SSSR count). The van der Waals surface area contributed by atoms with Gasteiger partial charge >= 0.3 is 0 Å². The monoisotopic (exact) mass is 517 g/mol. The molecule has 0 bridgehead atoms. The van der Waals surface area contributed by atoms with Gasteiger partial charge in [-0.05, 0) is 42.5 Å². The normalized spacial score (nSPS) is 15.1. The summed E-state index contributed by atoms with van der Waals surface area (Å²) in [4.78, 5) is 14.5. The van der Waals surface area contributed by atoms with E-state index in [0.29, 0.717) is 21.8 Å². The van der Waals surface area contributed by atoms with Gasteiger partial charge in [0.05, 0.1) is 10.6 Å². The van der Waals surface area contributed by atoms with Crippen LogP contribution in [-0.2, 0) is 11.4 Å². The Labute approximate surface area is 195 Å². The topological polar surface area (TPSA) is 29.5 Å². The molecule has 1 aliphatic heterocycles. The Balaban J connectivity index is 1.63. The molecular weight excluding hydrogens is 504 g/mol. The SMILES string of the molecule is O=C1/C(=C\c2cc(Br)ccc2OCc2ccccc2F)SC(=S)N1c1ccccc1F. The van der Waals surface area contributed by atoms with Gasteiger partial charge in [0.15, 0.2) is 4.32 Å². The van der Waals surface area contributed by atoms with Crippen LogP contribution < -0.4 is 9.64 Å². The van der Waals surface area contributed by atoms with Gasteiger partial charge in [-0.15, -0.1) is 0 Å². The second-order valence-corrected chi connectivity index (χ2v) is 9.12. The fourth-order valence-corrected chi connectivity index (χ4v) is 4.64. The number of benzene rings is 3. The predicted molar refractivity (Wildman–Crippen MR) is 127 cm³/mol. The number of amides is 1. The van der Waals surface area contributed by atoms with Crippen LogP contribution >= 0.6 is 39.9 Å². The standard InChI is InChI=1S/C23H14BrF2NO2S2/c24-16-9-10-20(29-13-14-5-1-2-6-17(14)25)15(11-16)12-21-22(28)27(23(30)31-21)19-8-4-3-7-18(19)26/h1-12H,13H2/b21-12+. The smallest absolute Gasteiger partial charge is 0.270 e. The minimum atomic E-state index is -0.531. The van der Waals surface area contributed by atoms with E-state index in [1.165, 1.54) is 23.1 Å². The van der Waals surface area contributed by atoms with Crippen molar-refractivity contribution in [2.24, 2.45) is 0 Å². The maximum Gasteiger partial charge on any atom is 0.270 e. The number of thiocarbonyl (C=S) groups is 1. The maximum atomic E-state index is 14.2. The highest BCUT2D eigenvalue weighted by Crippen LogP contribution is 2.38. The number of hydrogen-bond donors (Lipinski definition) is 0. The Bertz CT molecular complexity index is 1220. The van der Waals surface area contributed by atoms with E-state index in [0.717, 1.165) is 16.2 Å². The first-order chi connectivity index (χ1) is 14.9. The fraction of sp³-hybridized carbons (Fsp3) is 0.0435. The van der Waals surface area contributed by atoms with Crippen LogP contribution in [0, 0.1) is 11.6 Å². The summed E-state index contributed by atoms with van der Waals surface area (Å²) in [6.45, 7) is 0.0331. The lowest BCUT2D eigenvalue weighted by Crippen LogP contribution is -2.28. The van der Waals surface area contributed by atoms with Crippen molar-refractivity contribution in [1.82, 2.24) is 0 Å². The second-order valence-electron chi connectivity index (χ2n) is 6.53. The van der Waals surface area contributed by atoms with Crippen LogP contribution in [-0.4, -0.2) is 10.2 Å². The molecule has 0 N–H and O–H groups in total. The first-order valence-electron chi connectivity index (χ1n) is 9.12. The predicted octanol–water partition coefficient (Wildman–Crippen LogP) is 6.71. The van der Waals surface area contributed by atoms with E-state index < -0.39 is 11.7 Å². The summed E-state index contributed by atoms with van der Waals surface area (Å²) < 4.78 is 35.0. The number of rotatable bonds is 5. The third-order valence-electron chi connectivity index (χ3n) is 4.49. The minimum absolute atomic E-state index is 0.0331. The van der Waals surface area contributed by atoms with Crippen LogP contribution in [0.25, 0.3) is 6.08 Å². The molecule has 8 heteroatoms. The van der Waals surface area contributed by atoms with Crippen molar-refractivity contribution >= 4 is 61.9 Å². The van der Waals surface area contributed by atoms with Gasteiger partial charge in [-0.25, -0.2) is 8.78 Å². The van der Waals surface area contributed by atoms with Gasteiger partial charge in [0.25, 0.3) is 5.91 Å². The zero-order valence-electron chi connectivity index (χ0n) is 15.8. The van der Waals surface area contributed by atoms with Gasteiger partial charge in [-0.3, -0.25) is 9.69 Å². The zero-order chi connectivity index (χ0) is 22.0. The number of carbonyl (C=O) groups is 1. The Kier molecular flexibility index (Phi) is 6.50. The maximum absolute atomic E-state index is 14.2. The highest BCUT2D eigenvalue weighted by molar-refractivity contribution is 9.10. The molecule has 3 aromatic carbocycles. The molecule has 1 heterocycles. The number of ether oxygens (including phenoxy) is 1. The number of halogens is 3. The van der Waals surface area contributed by atoms with Crippen LogP contribution in [0.15, 0.2) is 76.1 Å². The second kappa shape index (κ2) is 9.30. The molecule has 0 spiro atoms. The number of thioether (sulfide) groups is 1. The Morgan fingerprint density at radius 1 is 1.03 bits per heavy atom. The van der Waals surface area contributed by atoms with Crippen molar-refractivity contribution < 1.29 is 18.3 Å². The van der Waals surface area contributed by atoms with Crippen molar-refractivity contribution in [3.8, 4) is 5.75 Å². The van der Waals surface area contributed by atoms with Gasteiger partial charge in [0.2, 0.25) is 0 Å². The van der Waals surface area contributed by atoms with Crippen LogP contribution in [0.5, 0.6) is 5.75 Å². The first kappa shape index (κ1) is 21.7. The van der Waals surface area contributed by atoms with E-state index in [1.807, 2.05) is 0 Å². The van der Waals surface area contributed by atoms with Crippen molar-refractivity contribution in [2.45, 2.75) is 6.61 Å². The summed E-state index contributed by atoms with van der Waals surface area (Å²) in [5, 5.41) is 0. The summed E-state index contributed by atoms with van der Waals surface area (Å²) in [7, 11) is 0. The Morgan fingerprint density at radius 3 is 2.48 bits per heavy atom. The molecule has 156 valence electrons. The number of nitrogens with zero attached hydrogens (tertiary/aromatic N) is 1. The largest absolute Gasteiger partial charge is 0.488 e. The Hall–Kier alpha value is -2.55. The van der Waals surface area contributed by atoms with E-state index in [1.54, 1.807) is 54.6 Å². The van der Waals surface area contributed by atoms with Crippen LogP contribution in [0.3, 0.4) is 0 Å². The van der Waals surface area contributed by atoms with Crippen molar-refractivity contribution in [1.29, 1.82) is 0 Å². The number of para-hydroxylation sites is 1. The molecule has 1 amide bonds. The van der Waals surface area contributed by atoms with Gasteiger partial charge in [0, 0.05) is 15.6 Å². The van der Waals surface area contributed by atoms with Gasteiger partial charge in [-0.2, -0.15) is 0 Å². The van der Waals surface area contributed by atoms with E-state index in [2.05, 4.69) is 15.9 Å². The molecule has 0 atom stereocenters. The summed E-state index contributed by atoms with van der Waals surface area (Å²) in [6, 6.07) is 17.6.